The highest BCUT2D eigenvalue weighted by atomic mass is 32.1. The van der Waals surface area contributed by atoms with E-state index in [0.29, 0.717) is 0 Å². The van der Waals surface area contributed by atoms with Gasteiger partial charge >= 0.3 is 0 Å². The van der Waals surface area contributed by atoms with Crippen molar-refractivity contribution in [3.05, 3.63) is 51.5 Å². The highest BCUT2D eigenvalue weighted by Gasteiger charge is 2.17. The molecule has 0 amide bonds. The van der Waals surface area contributed by atoms with Gasteiger partial charge in [0.1, 0.15) is 11.9 Å². The Kier molecular flexibility index (Phi) is 3.07. The van der Waals surface area contributed by atoms with E-state index in [4.69, 9.17) is 4.74 Å². The average molecular weight is 276 g/mol. The summed E-state index contributed by atoms with van der Waals surface area (Å²) in [6, 6.07) is 10.0. The standard InChI is InChI=1S/C14H12O2S2/c1-16-9-6-13(17-7-9)14(15)11-8-18-12-5-3-2-4-10(11)12/h2-8,14-15H,1H3. The summed E-state index contributed by atoms with van der Waals surface area (Å²) in [4.78, 5) is 0.912. The van der Waals surface area contributed by atoms with Crippen molar-refractivity contribution in [3.63, 3.8) is 0 Å². The third-order valence-electron chi connectivity index (χ3n) is 2.91. The van der Waals surface area contributed by atoms with E-state index in [-0.39, 0.29) is 0 Å². The SMILES string of the molecule is COc1csc(C(O)c2csc3ccccc23)c1. The molecular formula is C14H12O2S2. The maximum atomic E-state index is 10.4. The Morgan fingerprint density at radius 2 is 2.00 bits per heavy atom. The molecule has 2 aromatic heterocycles. The normalized spacial score (nSPS) is 12.8. The van der Waals surface area contributed by atoms with Gasteiger partial charge in [-0.2, -0.15) is 0 Å². The molecule has 0 aliphatic heterocycles. The van der Waals surface area contributed by atoms with Crippen molar-refractivity contribution in [2.75, 3.05) is 7.11 Å². The van der Waals surface area contributed by atoms with Crippen LogP contribution >= 0.6 is 22.7 Å². The molecule has 0 spiro atoms. The summed E-state index contributed by atoms with van der Waals surface area (Å²) in [7, 11) is 1.64. The van der Waals surface area contributed by atoms with Gasteiger partial charge in [-0.3, -0.25) is 0 Å². The van der Waals surface area contributed by atoms with E-state index in [1.54, 1.807) is 18.4 Å². The van der Waals surface area contributed by atoms with E-state index in [1.807, 2.05) is 29.0 Å². The van der Waals surface area contributed by atoms with Crippen LogP contribution in [0.4, 0.5) is 0 Å². The van der Waals surface area contributed by atoms with Crippen LogP contribution in [0.5, 0.6) is 5.75 Å². The third kappa shape index (κ3) is 1.92. The summed E-state index contributed by atoms with van der Waals surface area (Å²) < 4.78 is 6.36. The van der Waals surface area contributed by atoms with Gasteiger partial charge in [-0.25, -0.2) is 0 Å². The maximum absolute atomic E-state index is 10.4. The van der Waals surface area contributed by atoms with Crippen LogP contribution in [0.1, 0.15) is 16.5 Å². The van der Waals surface area contributed by atoms with Gasteiger partial charge < -0.3 is 9.84 Å². The van der Waals surface area contributed by atoms with Crippen LogP contribution in [0, 0.1) is 0 Å². The molecule has 2 heterocycles. The lowest BCUT2D eigenvalue weighted by molar-refractivity contribution is 0.226. The van der Waals surface area contributed by atoms with Gasteiger partial charge in [0.05, 0.1) is 7.11 Å². The Hall–Kier alpha value is -1.36. The number of hydrogen-bond donors (Lipinski definition) is 1. The molecule has 0 saturated heterocycles. The van der Waals surface area contributed by atoms with E-state index in [0.717, 1.165) is 21.6 Å². The fraction of sp³-hybridized carbons (Fsp3) is 0.143. The molecule has 18 heavy (non-hydrogen) atoms. The van der Waals surface area contributed by atoms with Crippen LogP contribution < -0.4 is 4.74 Å². The van der Waals surface area contributed by atoms with Gasteiger partial charge in [-0.15, -0.1) is 22.7 Å². The molecule has 3 aromatic rings. The van der Waals surface area contributed by atoms with E-state index >= 15 is 0 Å². The number of aliphatic hydroxyl groups is 1. The number of benzene rings is 1. The minimum atomic E-state index is -0.574. The second kappa shape index (κ2) is 4.72. The van der Waals surface area contributed by atoms with E-state index in [1.165, 1.54) is 16.0 Å². The predicted octanol–water partition coefficient (Wildman–Crippen LogP) is 4.05. The topological polar surface area (TPSA) is 29.5 Å². The Labute approximate surface area is 113 Å². The lowest BCUT2D eigenvalue weighted by atomic mass is 10.1. The Balaban J connectivity index is 2.03. The molecule has 0 aliphatic carbocycles. The number of thiophene rings is 2. The fourth-order valence-corrected chi connectivity index (χ4v) is 3.78. The number of methoxy groups -OCH3 is 1. The van der Waals surface area contributed by atoms with Crippen molar-refractivity contribution in [2.24, 2.45) is 0 Å². The Bertz CT molecular complexity index is 669. The summed E-state index contributed by atoms with van der Waals surface area (Å²) in [5.74, 6) is 0.800. The molecule has 0 aliphatic rings. The fourth-order valence-electron chi connectivity index (χ4n) is 1.95. The Morgan fingerprint density at radius 1 is 1.17 bits per heavy atom. The molecule has 1 atom stereocenters. The molecule has 2 nitrogen and oxygen atoms in total. The van der Waals surface area contributed by atoms with Crippen LogP contribution in [-0.4, -0.2) is 12.2 Å². The van der Waals surface area contributed by atoms with Gasteiger partial charge in [0.25, 0.3) is 0 Å². The first kappa shape index (κ1) is 11.7. The monoisotopic (exact) mass is 276 g/mol. The smallest absolute Gasteiger partial charge is 0.129 e. The molecule has 1 N–H and O–H groups in total. The highest BCUT2D eigenvalue weighted by Crippen LogP contribution is 2.36. The lowest BCUT2D eigenvalue weighted by Gasteiger charge is -2.07. The van der Waals surface area contributed by atoms with E-state index in [2.05, 4.69) is 12.1 Å². The molecule has 0 saturated carbocycles. The number of ether oxygens (including phenoxy) is 1. The first-order chi connectivity index (χ1) is 8.79. The van der Waals surface area contributed by atoms with Crippen molar-refractivity contribution >= 4 is 32.8 Å². The van der Waals surface area contributed by atoms with E-state index in [9.17, 15) is 5.11 Å². The maximum Gasteiger partial charge on any atom is 0.129 e. The van der Waals surface area contributed by atoms with Gasteiger partial charge in [0.2, 0.25) is 0 Å². The van der Waals surface area contributed by atoms with Crippen molar-refractivity contribution in [3.8, 4) is 5.75 Å². The molecule has 1 aromatic carbocycles. The van der Waals surface area contributed by atoms with Gasteiger partial charge in [0, 0.05) is 20.5 Å². The van der Waals surface area contributed by atoms with Crippen LogP contribution in [0.2, 0.25) is 0 Å². The molecule has 92 valence electrons. The van der Waals surface area contributed by atoms with Crippen LogP contribution in [-0.2, 0) is 0 Å². The Morgan fingerprint density at radius 3 is 2.78 bits per heavy atom. The molecular weight excluding hydrogens is 264 g/mol. The molecule has 0 bridgehead atoms. The van der Waals surface area contributed by atoms with Crippen molar-refractivity contribution < 1.29 is 9.84 Å². The second-order valence-electron chi connectivity index (χ2n) is 3.98. The largest absolute Gasteiger partial charge is 0.496 e. The van der Waals surface area contributed by atoms with Crippen LogP contribution in [0.25, 0.3) is 10.1 Å². The van der Waals surface area contributed by atoms with Gasteiger partial charge in [0.15, 0.2) is 0 Å². The quantitative estimate of drug-likeness (QED) is 0.782. The van der Waals surface area contributed by atoms with Crippen molar-refractivity contribution in [1.82, 2.24) is 0 Å². The summed E-state index contributed by atoms with van der Waals surface area (Å²) >= 11 is 3.18. The first-order valence-corrected chi connectivity index (χ1v) is 7.32. The molecule has 0 fully saturated rings. The summed E-state index contributed by atoms with van der Waals surface area (Å²) in [5, 5.41) is 15.5. The molecule has 4 heteroatoms. The number of fused-ring (bicyclic) bond motifs is 1. The second-order valence-corrected chi connectivity index (χ2v) is 5.83. The predicted molar refractivity (Wildman–Crippen MR) is 76.8 cm³/mol. The van der Waals surface area contributed by atoms with Gasteiger partial charge in [-0.1, -0.05) is 18.2 Å². The zero-order chi connectivity index (χ0) is 12.5. The zero-order valence-electron chi connectivity index (χ0n) is 9.79. The number of hydrogen-bond acceptors (Lipinski definition) is 4. The third-order valence-corrected chi connectivity index (χ3v) is 4.85. The average Bonchev–Trinajstić information content (AvgIpc) is 3.04. The minimum absolute atomic E-state index is 0.574. The number of aliphatic hydroxyl groups excluding tert-OH is 1. The lowest BCUT2D eigenvalue weighted by Crippen LogP contribution is -1.95. The summed E-state index contributed by atoms with van der Waals surface area (Å²) in [5.41, 5.74) is 0.972. The molecule has 0 radical (unpaired) electrons. The first-order valence-electron chi connectivity index (χ1n) is 5.56. The minimum Gasteiger partial charge on any atom is -0.496 e. The van der Waals surface area contributed by atoms with Gasteiger partial charge in [-0.05, 0) is 22.9 Å². The van der Waals surface area contributed by atoms with Crippen molar-refractivity contribution in [2.45, 2.75) is 6.10 Å². The summed E-state index contributed by atoms with van der Waals surface area (Å²) in [6.45, 7) is 0. The van der Waals surface area contributed by atoms with E-state index < -0.39 is 6.10 Å². The van der Waals surface area contributed by atoms with Crippen LogP contribution in [0.15, 0.2) is 41.1 Å². The van der Waals surface area contributed by atoms with Crippen molar-refractivity contribution in [1.29, 1.82) is 0 Å². The van der Waals surface area contributed by atoms with Crippen LogP contribution in [0.3, 0.4) is 0 Å². The molecule has 3 rings (SSSR count). The zero-order valence-corrected chi connectivity index (χ0v) is 11.4. The molecule has 1 unspecified atom stereocenters. The number of rotatable bonds is 3. The summed E-state index contributed by atoms with van der Waals surface area (Å²) in [6.07, 6.45) is -0.574. The highest BCUT2D eigenvalue weighted by molar-refractivity contribution is 7.17.